The van der Waals surface area contributed by atoms with Gasteiger partial charge in [0.15, 0.2) is 0 Å². The van der Waals surface area contributed by atoms with E-state index in [4.69, 9.17) is 9.47 Å². The van der Waals surface area contributed by atoms with E-state index in [-0.39, 0.29) is 0 Å². The topological polar surface area (TPSA) is 71.1 Å². The number of ether oxygens (including phenoxy) is 2. The predicted molar refractivity (Wildman–Crippen MR) is 114 cm³/mol. The zero-order valence-corrected chi connectivity index (χ0v) is 17.7. The Bertz CT molecular complexity index is 920. The van der Waals surface area contributed by atoms with Crippen LogP contribution >= 0.6 is 0 Å². The van der Waals surface area contributed by atoms with Gasteiger partial charge in [-0.3, -0.25) is 0 Å². The molecule has 0 bridgehead atoms. The van der Waals surface area contributed by atoms with Crippen LogP contribution in [0.25, 0.3) is 10.8 Å². The molecule has 1 aliphatic rings. The van der Waals surface area contributed by atoms with Gasteiger partial charge in [-0.2, -0.15) is 0 Å². The van der Waals surface area contributed by atoms with Crippen LogP contribution in [0.4, 0.5) is 15.3 Å². The first kappa shape index (κ1) is 20.8. The molecule has 0 aromatic heterocycles. The maximum absolute atomic E-state index is 12.6. The van der Waals surface area contributed by atoms with E-state index < -0.39 is 17.8 Å². The van der Waals surface area contributed by atoms with Gasteiger partial charge in [-0.05, 0) is 38.1 Å². The van der Waals surface area contributed by atoms with E-state index in [0.717, 1.165) is 29.4 Å². The number of likely N-dealkylation sites (N-methyl/N-ethyl adjacent to an activating group) is 2. The number of benzene rings is 2. The summed E-state index contributed by atoms with van der Waals surface area (Å²) in [6.07, 6.45) is 0.0710. The average molecular weight is 399 g/mol. The van der Waals surface area contributed by atoms with Crippen LogP contribution in [0.5, 0.6) is 5.75 Å². The number of anilines is 1. The Labute approximate surface area is 171 Å². The van der Waals surface area contributed by atoms with E-state index in [1.54, 1.807) is 14.1 Å². The van der Waals surface area contributed by atoms with Crippen molar-refractivity contribution in [1.29, 1.82) is 0 Å². The van der Waals surface area contributed by atoms with Crippen LogP contribution in [0.2, 0.25) is 0 Å². The molecule has 1 N–H and O–H groups in total. The molecule has 29 heavy (non-hydrogen) atoms. The van der Waals surface area contributed by atoms with Gasteiger partial charge in [-0.15, -0.1) is 0 Å². The largest absolute Gasteiger partial charge is 0.444 e. The summed E-state index contributed by atoms with van der Waals surface area (Å²) in [4.78, 5) is 27.6. The third kappa shape index (κ3) is 4.91. The highest BCUT2D eigenvalue weighted by Crippen LogP contribution is 2.37. The quantitative estimate of drug-likeness (QED) is 0.838. The molecule has 3 rings (SSSR count). The predicted octanol–water partition coefficient (Wildman–Crippen LogP) is 4.11. The summed E-state index contributed by atoms with van der Waals surface area (Å²) < 4.78 is 11.0. The van der Waals surface area contributed by atoms with Crippen molar-refractivity contribution in [2.45, 2.75) is 32.8 Å². The number of hydrogen-bond acceptors (Lipinski definition) is 5. The van der Waals surface area contributed by atoms with E-state index in [1.807, 2.05) is 45.0 Å². The van der Waals surface area contributed by atoms with Crippen molar-refractivity contribution >= 4 is 28.6 Å². The van der Waals surface area contributed by atoms with Crippen LogP contribution in [-0.4, -0.2) is 61.3 Å². The van der Waals surface area contributed by atoms with Gasteiger partial charge in [0.05, 0.1) is 0 Å². The van der Waals surface area contributed by atoms with Gasteiger partial charge >= 0.3 is 12.2 Å². The van der Waals surface area contributed by atoms with Crippen molar-refractivity contribution in [3.8, 4) is 5.75 Å². The van der Waals surface area contributed by atoms with Crippen LogP contribution < -0.4 is 10.1 Å². The molecule has 0 radical (unpaired) electrons. The number of nitrogens with zero attached hydrogens (tertiary/aromatic N) is 2. The summed E-state index contributed by atoms with van der Waals surface area (Å²) in [6.45, 7) is 7.00. The molecule has 0 saturated heterocycles. The molecular weight excluding hydrogens is 370 g/mol. The molecule has 0 unspecified atom stereocenters. The van der Waals surface area contributed by atoms with Crippen molar-refractivity contribution in [2.24, 2.45) is 0 Å². The minimum Gasteiger partial charge on any atom is -0.444 e. The lowest BCUT2D eigenvalue weighted by Crippen LogP contribution is -2.40. The summed E-state index contributed by atoms with van der Waals surface area (Å²) in [5.74, 6) is 0.533. The Morgan fingerprint density at radius 2 is 1.66 bits per heavy atom. The fourth-order valence-electron chi connectivity index (χ4n) is 3.23. The Morgan fingerprint density at radius 3 is 2.31 bits per heavy atom. The second-order valence-corrected chi connectivity index (χ2v) is 8.31. The van der Waals surface area contributed by atoms with Gasteiger partial charge in [0.1, 0.15) is 11.4 Å². The Kier molecular flexibility index (Phi) is 5.86. The lowest BCUT2D eigenvalue weighted by molar-refractivity contribution is 0.0287. The summed E-state index contributed by atoms with van der Waals surface area (Å²) >= 11 is 0. The minimum atomic E-state index is -0.557. The van der Waals surface area contributed by atoms with Crippen molar-refractivity contribution < 1.29 is 19.1 Å². The van der Waals surface area contributed by atoms with Crippen LogP contribution in [-0.2, 0) is 11.2 Å². The first-order chi connectivity index (χ1) is 13.7. The molecule has 2 aromatic rings. The number of amides is 2. The van der Waals surface area contributed by atoms with Crippen molar-refractivity contribution in [3.05, 3.63) is 35.9 Å². The average Bonchev–Trinajstić information content (AvgIpc) is 3.13. The van der Waals surface area contributed by atoms with Crippen LogP contribution in [0, 0.1) is 0 Å². The molecule has 0 atom stereocenters. The second kappa shape index (κ2) is 8.19. The monoisotopic (exact) mass is 399 g/mol. The smallest absolute Gasteiger partial charge is 0.415 e. The molecule has 0 saturated carbocycles. The Hall–Kier alpha value is -2.96. The van der Waals surface area contributed by atoms with E-state index >= 15 is 0 Å². The van der Waals surface area contributed by atoms with Gasteiger partial charge in [0.25, 0.3) is 0 Å². The standard InChI is InChI=1S/C22H29N3O4/c1-22(2,3)29-21(27)25(5)13-12-24(4)20(26)28-19-14-18-16(10-11-23-18)15-8-6-7-9-17(15)19/h6-9,14,23H,10-13H2,1-5H3. The Balaban J connectivity index is 1.65. The summed E-state index contributed by atoms with van der Waals surface area (Å²) in [5.41, 5.74) is 1.71. The first-order valence-corrected chi connectivity index (χ1v) is 9.81. The van der Waals surface area contributed by atoms with Gasteiger partial charge < -0.3 is 24.6 Å². The maximum Gasteiger partial charge on any atom is 0.415 e. The number of carbonyl (C=O) groups excluding carboxylic acids is 2. The van der Waals surface area contributed by atoms with Gasteiger partial charge in [-0.1, -0.05) is 24.3 Å². The summed E-state index contributed by atoms with van der Waals surface area (Å²) in [6, 6.07) is 9.84. The van der Waals surface area contributed by atoms with Crippen molar-refractivity contribution in [1.82, 2.24) is 9.80 Å². The minimum absolute atomic E-state index is 0.329. The van der Waals surface area contributed by atoms with E-state index in [0.29, 0.717) is 18.8 Å². The van der Waals surface area contributed by atoms with Crippen LogP contribution in [0.15, 0.2) is 30.3 Å². The van der Waals surface area contributed by atoms with Gasteiger partial charge in [0, 0.05) is 50.9 Å². The number of carbonyl (C=O) groups is 2. The van der Waals surface area contributed by atoms with Crippen LogP contribution in [0.1, 0.15) is 26.3 Å². The van der Waals surface area contributed by atoms with Gasteiger partial charge in [-0.25, -0.2) is 9.59 Å². The molecule has 2 amide bonds. The molecule has 7 nitrogen and oxygen atoms in total. The van der Waals surface area contributed by atoms with Crippen LogP contribution in [0.3, 0.4) is 0 Å². The van der Waals surface area contributed by atoms with E-state index in [2.05, 4.69) is 11.4 Å². The number of nitrogens with one attached hydrogen (secondary N) is 1. The molecule has 2 aromatic carbocycles. The molecule has 7 heteroatoms. The number of fused-ring (bicyclic) bond motifs is 3. The molecule has 1 heterocycles. The maximum atomic E-state index is 12.6. The molecule has 0 spiro atoms. The second-order valence-electron chi connectivity index (χ2n) is 8.31. The fourth-order valence-corrected chi connectivity index (χ4v) is 3.23. The van der Waals surface area contributed by atoms with E-state index in [1.165, 1.54) is 15.4 Å². The molecular formula is C22H29N3O4. The summed E-state index contributed by atoms with van der Waals surface area (Å²) in [5, 5.41) is 5.36. The van der Waals surface area contributed by atoms with E-state index in [9.17, 15) is 9.59 Å². The third-order valence-electron chi connectivity index (χ3n) is 4.79. The highest BCUT2D eigenvalue weighted by molar-refractivity contribution is 5.97. The molecule has 0 aliphatic carbocycles. The zero-order valence-electron chi connectivity index (χ0n) is 17.7. The summed E-state index contributed by atoms with van der Waals surface area (Å²) in [7, 11) is 3.30. The number of rotatable bonds is 4. The normalized spacial score (nSPS) is 12.9. The molecule has 0 fully saturated rings. The highest BCUT2D eigenvalue weighted by atomic mass is 16.6. The molecule has 156 valence electrons. The zero-order chi connectivity index (χ0) is 21.2. The molecule has 1 aliphatic heterocycles. The first-order valence-electron chi connectivity index (χ1n) is 9.81. The Morgan fingerprint density at radius 1 is 1.03 bits per heavy atom. The lowest BCUT2D eigenvalue weighted by Gasteiger charge is -2.26. The lowest BCUT2D eigenvalue weighted by atomic mass is 10.0. The van der Waals surface area contributed by atoms with Crippen molar-refractivity contribution in [2.75, 3.05) is 39.0 Å². The third-order valence-corrected chi connectivity index (χ3v) is 4.79. The highest BCUT2D eigenvalue weighted by Gasteiger charge is 2.22. The van der Waals surface area contributed by atoms with Gasteiger partial charge in [0.2, 0.25) is 0 Å². The van der Waals surface area contributed by atoms with Crippen molar-refractivity contribution in [3.63, 3.8) is 0 Å². The number of hydrogen-bond donors (Lipinski definition) is 1. The SMILES string of the molecule is CN(CCN(C)C(=O)OC(C)(C)C)C(=O)Oc1cc2c(c3ccccc13)CCN2. The fraction of sp³-hybridized carbons (Fsp3) is 0.455.